The Hall–Kier alpha value is -1.95. The van der Waals surface area contributed by atoms with Crippen molar-refractivity contribution >= 4 is 41.3 Å². The molecule has 1 aliphatic heterocycles. The number of nitrogens with one attached hydrogen (secondary N) is 1. The molecule has 3 rings (SSSR count). The number of carbonyl (C=O) groups excluding carboxylic acids is 1. The highest BCUT2D eigenvalue weighted by atomic mass is 35.5. The molecule has 7 heteroatoms. The maximum Gasteiger partial charge on any atom is 0.248 e. The molecule has 138 valence electrons. The second-order valence-corrected chi connectivity index (χ2v) is 6.14. The fourth-order valence-corrected chi connectivity index (χ4v) is 3.05. The van der Waals surface area contributed by atoms with Gasteiger partial charge in [0, 0.05) is 29.2 Å². The minimum Gasteiger partial charge on any atom is -0.315 e. The second kappa shape index (κ2) is 9.12. The lowest BCUT2D eigenvalue weighted by Crippen LogP contribution is -2.38. The van der Waals surface area contributed by atoms with Gasteiger partial charge < -0.3 is 10.2 Å². The van der Waals surface area contributed by atoms with Crippen LogP contribution in [-0.4, -0.2) is 37.8 Å². The SMILES string of the molecule is CCNCCN1C(=O)CN=C(c2ccccc2F)c2cc(Cl)ccc21.Cl. The summed E-state index contributed by atoms with van der Waals surface area (Å²) in [5.74, 6) is -0.492. The van der Waals surface area contributed by atoms with Crippen molar-refractivity contribution in [2.24, 2.45) is 4.99 Å². The lowest BCUT2D eigenvalue weighted by Gasteiger charge is -2.23. The van der Waals surface area contributed by atoms with E-state index in [0.717, 1.165) is 6.54 Å². The first kappa shape index (κ1) is 20.4. The Morgan fingerprint density at radius 3 is 2.73 bits per heavy atom. The summed E-state index contributed by atoms with van der Waals surface area (Å²) in [6, 6.07) is 11.7. The minimum atomic E-state index is -0.374. The smallest absolute Gasteiger partial charge is 0.248 e. The van der Waals surface area contributed by atoms with Gasteiger partial charge in [-0.3, -0.25) is 9.79 Å². The van der Waals surface area contributed by atoms with Crippen LogP contribution in [0.5, 0.6) is 0 Å². The number of hydrogen-bond acceptors (Lipinski definition) is 3. The third kappa shape index (κ3) is 4.23. The predicted octanol–water partition coefficient (Wildman–Crippen LogP) is 3.69. The van der Waals surface area contributed by atoms with Crippen LogP contribution in [0.1, 0.15) is 18.1 Å². The molecule has 1 amide bonds. The highest BCUT2D eigenvalue weighted by Gasteiger charge is 2.26. The molecule has 0 radical (unpaired) electrons. The fraction of sp³-hybridized carbons (Fsp3) is 0.263. The van der Waals surface area contributed by atoms with Crippen molar-refractivity contribution < 1.29 is 9.18 Å². The summed E-state index contributed by atoms with van der Waals surface area (Å²) in [6.45, 7) is 3.99. The number of amides is 1. The summed E-state index contributed by atoms with van der Waals surface area (Å²) in [6.07, 6.45) is 0. The molecule has 2 aromatic carbocycles. The Bertz CT molecular complexity index is 826. The van der Waals surface area contributed by atoms with Gasteiger partial charge in [-0.2, -0.15) is 0 Å². The summed E-state index contributed by atoms with van der Waals surface area (Å²) < 4.78 is 14.3. The molecule has 2 aromatic rings. The Kier molecular flexibility index (Phi) is 7.14. The van der Waals surface area contributed by atoms with E-state index in [1.807, 2.05) is 6.92 Å². The number of carbonyl (C=O) groups is 1. The van der Waals surface area contributed by atoms with Crippen LogP contribution >= 0.6 is 24.0 Å². The number of anilines is 1. The molecule has 0 saturated heterocycles. The summed E-state index contributed by atoms with van der Waals surface area (Å²) in [5, 5.41) is 3.73. The van der Waals surface area contributed by atoms with Gasteiger partial charge in [0.25, 0.3) is 0 Å². The molecule has 0 aromatic heterocycles. The van der Waals surface area contributed by atoms with Crippen molar-refractivity contribution in [1.82, 2.24) is 5.32 Å². The van der Waals surface area contributed by atoms with Crippen molar-refractivity contribution in [1.29, 1.82) is 0 Å². The van der Waals surface area contributed by atoms with E-state index in [2.05, 4.69) is 10.3 Å². The van der Waals surface area contributed by atoms with E-state index < -0.39 is 0 Å². The molecular weight excluding hydrogens is 376 g/mol. The van der Waals surface area contributed by atoms with Gasteiger partial charge in [-0.05, 0) is 36.9 Å². The van der Waals surface area contributed by atoms with Crippen molar-refractivity contribution in [3.8, 4) is 0 Å². The van der Waals surface area contributed by atoms with Crippen molar-refractivity contribution in [2.45, 2.75) is 6.92 Å². The Labute approximate surface area is 163 Å². The highest BCUT2D eigenvalue weighted by Crippen LogP contribution is 2.30. The van der Waals surface area contributed by atoms with Gasteiger partial charge in [-0.25, -0.2) is 4.39 Å². The van der Waals surface area contributed by atoms with E-state index in [9.17, 15) is 9.18 Å². The van der Waals surface area contributed by atoms with Crippen molar-refractivity contribution in [3.05, 3.63) is 64.4 Å². The maximum absolute atomic E-state index is 14.3. The summed E-state index contributed by atoms with van der Waals surface area (Å²) in [5.41, 5.74) is 2.19. The first-order valence-electron chi connectivity index (χ1n) is 8.22. The van der Waals surface area contributed by atoms with Crippen LogP contribution in [0.2, 0.25) is 5.02 Å². The van der Waals surface area contributed by atoms with E-state index in [1.165, 1.54) is 6.07 Å². The van der Waals surface area contributed by atoms with Gasteiger partial charge in [-0.15, -0.1) is 12.4 Å². The van der Waals surface area contributed by atoms with E-state index in [1.54, 1.807) is 41.3 Å². The molecule has 0 bridgehead atoms. The molecule has 0 aliphatic carbocycles. The zero-order valence-electron chi connectivity index (χ0n) is 14.3. The van der Waals surface area contributed by atoms with E-state index in [0.29, 0.717) is 40.6 Å². The molecule has 0 fully saturated rings. The normalized spacial score (nSPS) is 13.6. The summed E-state index contributed by atoms with van der Waals surface area (Å²) in [7, 11) is 0. The largest absolute Gasteiger partial charge is 0.315 e. The third-order valence-electron chi connectivity index (χ3n) is 4.07. The van der Waals surface area contributed by atoms with Crippen molar-refractivity contribution in [3.63, 3.8) is 0 Å². The van der Waals surface area contributed by atoms with E-state index in [4.69, 9.17) is 11.6 Å². The Balaban J connectivity index is 0.00000243. The number of rotatable bonds is 5. The molecule has 1 aliphatic rings. The monoisotopic (exact) mass is 395 g/mol. The molecule has 0 atom stereocenters. The number of halogens is 3. The molecule has 1 heterocycles. The predicted molar refractivity (Wildman–Crippen MR) is 107 cm³/mol. The van der Waals surface area contributed by atoms with Crippen LogP contribution in [0, 0.1) is 5.82 Å². The maximum atomic E-state index is 14.3. The number of fused-ring (bicyclic) bond motifs is 1. The molecule has 0 spiro atoms. The Morgan fingerprint density at radius 1 is 1.23 bits per heavy atom. The van der Waals surface area contributed by atoms with Gasteiger partial charge in [-0.1, -0.05) is 30.7 Å². The van der Waals surface area contributed by atoms with Gasteiger partial charge in [0.2, 0.25) is 5.91 Å². The third-order valence-corrected chi connectivity index (χ3v) is 4.30. The number of nitrogens with zero attached hydrogens (tertiary/aromatic N) is 2. The average molecular weight is 396 g/mol. The molecule has 0 saturated carbocycles. The van der Waals surface area contributed by atoms with Crippen LogP contribution in [-0.2, 0) is 4.79 Å². The topological polar surface area (TPSA) is 44.7 Å². The molecule has 4 nitrogen and oxygen atoms in total. The highest BCUT2D eigenvalue weighted by molar-refractivity contribution is 6.32. The lowest BCUT2D eigenvalue weighted by atomic mass is 9.99. The first-order chi connectivity index (χ1) is 12.1. The van der Waals surface area contributed by atoms with Gasteiger partial charge >= 0.3 is 0 Å². The van der Waals surface area contributed by atoms with Crippen LogP contribution in [0.3, 0.4) is 0 Å². The quantitative estimate of drug-likeness (QED) is 0.784. The first-order valence-corrected chi connectivity index (χ1v) is 8.60. The summed E-state index contributed by atoms with van der Waals surface area (Å²) >= 11 is 6.17. The molecule has 1 N–H and O–H groups in total. The van der Waals surface area contributed by atoms with Gasteiger partial charge in [0.1, 0.15) is 12.4 Å². The standard InChI is InChI=1S/C19H19ClFN3O.ClH/c1-2-22-9-10-24-17-8-7-13(20)11-15(17)19(23-12-18(24)25)14-5-3-4-6-16(14)21;/h3-8,11,22H,2,9-10,12H2,1H3;1H. The van der Waals surface area contributed by atoms with E-state index in [-0.39, 0.29) is 30.7 Å². The number of benzodiazepines with no additional fused rings is 1. The van der Waals surface area contributed by atoms with E-state index >= 15 is 0 Å². The minimum absolute atomic E-state index is 0. The van der Waals surface area contributed by atoms with Crippen LogP contribution in [0.15, 0.2) is 47.5 Å². The number of hydrogen-bond donors (Lipinski definition) is 1. The number of likely N-dealkylation sites (N-methyl/N-ethyl adjacent to an activating group) is 1. The van der Waals surface area contributed by atoms with Gasteiger partial charge in [0.05, 0.1) is 11.4 Å². The molecule has 26 heavy (non-hydrogen) atoms. The lowest BCUT2D eigenvalue weighted by molar-refractivity contribution is -0.117. The van der Waals surface area contributed by atoms with Gasteiger partial charge in [0.15, 0.2) is 0 Å². The zero-order valence-corrected chi connectivity index (χ0v) is 15.9. The average Bonchev–Trinajstić information content (AvgIpc) is 2.73. The van der Waals surface area contributed by atoms with Crippen LogP contribution in [0.25, 0.3) is 0 Å². The van der Waals surface area contributed by atoms with Crippen LogP contribution < -0.4 is 10.2 Å². The fourth-order valence-electron chi connectivity index (χ4n) is 2.88. The Morgan fingerprint density at radius 2 is 2.00 bits per heavy atom. The second-order valence-electron chi connectivity index (χ2n) is 5.71. The van der Waals surface area contributed by atoms with Crippen LogP contribution in [0.4, 0.5) is 10.1 Å². The number of benzene rings is 2. The summed E-state index contributed by atoms with van der Waals surface area (Å²) in [4.78, 5) is 18.7. The van der Waals surface area contributed by atoms with Crippen molar-refractivity contribution in [2.75, 3.05) is 31.1 Å². The number of aliphatic imine (C=N–C) groups is 1. The molecular formula is C19H20Cl2FN3O. The zero-order chi connectivity index (χ0) is 17.8. The molecule has 0 unspecified atom stereocenters.